The fourth-order valence-electron chi connectivity index (χ4n) is 3.31. The summed E-state index contributed by atoms with van der Waals surface area (Å²) in [4.78, 5) is 19.2. The van der Waals surface area contributed by atoms with Crippen molar-refractivity contribution in [3.63, 3.8) is 0 Å². The van der Waals surface area contributed by atoms with E-state index < -0.39 is 4.92 Å². The fourth-order valence-corrected chi connectivity index (χ4v) is 3.61. The Morgan fingerprint density at radius 2 is 1.89 bits per heavy atom. The van der Waals surface area contributed by atoms with Crippen LogP contribution in [0.5, 0.6) is 0 Å². The molecule has 1 fully saturated rings. The van der Waals surface area contributed by atoms with E-state index in [1.807, 2.05) is 0 Å². The van der Waals surface area contributed by atoms with Gasteiger partial charge in [-0.05, 0) is 62.3 Å². The first kappa shape index (κ1) is 20.6. The molecule has 0 bridgehead atoms. The average molecular weight is 425 g/mol. The number of hydrogen-bond donors (Lipinski definition) is 3. The molecule has 10 heteroatoms. The van der Waals surface area contributed by atoms with Crippen LogP contribution in [0.4, 0.5) is 23.1 Å². The highest BCUT2D eigenvalue weighted by molar-refractivity contribution is 6.42. The molecule has 1 aromatic heterocycles. The lowest BCUT2D eigenvalue weighted by molar-refractivity contribution is -0.384. The molecule has 28 heavy (non-hydrogen) atoms. The van der Waals surface area contributed by atoms with Crippen LogP contribution in [0.1, 0.15) is 25.7 Å². The highest BCUT2D eigenvalue weighted by Crippen LogP contribution is 2.30. The maximum Gasteiger partial charge on any atom is 0.329 e. The zero-order valence-corrected chi connectivity index (χ0v) is 16.7. The molecule has 2 aromatic rings. The second-order valence-electron chi connectivity index (χ2n) is 6.94. The molecule has 0 spiro atoms. The van der Waals surface area contributed by atoms with Gasteiger partial charge in [-0.1, -0.05) is 23.2 Å². The van der Waals surface area contributed by atoms with Crippen LogP contribution in [-0.2, 0) is 0 Å². The summed E-state index contributed by atoms with van der Waals surface area (Å²) in [6.07, 6.45) is 5.50. The zero-order chi connectivity index (χ0) is 20.1. The molecule has 8 nitrogen and oxygen atoms in total. The Hall–Kier alpha value is -2.16. The van der Waals surface area contributed by atoms with Crippen molar-refractivity contribution in [2.75, 3.05) is 23.7 Å². The second kappa shape index (κ2) is 9.36. The monoisotopic (exact) mass is 424 g/mol. The number of halogens is 2. The second-order valence-corrected chi connectivity index (χ2v) is 7.76. The van der Waals surface area contributed by atoms with E-state index in [0.29, 0.717) is 34.1 Å². The summed E-state index contributed by atoms with van der Waals surface area (Å²) in [5.74, 6) is 1.47. The Morgan fingerprint density at radius 1 is 1.18 bits per heavy atom. The number of anilines is 3. The van der Waals surface area contributed by atoms with E-state index in [4.69, 9.17) is 28.9 Å². The van der Waals surface area contributed by atoms with E-state index in [1.165, 1.54) is 6.20 Å². The molecule has 150 valence electrons. The molecule has 0 atom stereocenters. The molecule has 0 saturated heterocycles. The van der Waals surface area contributed by atoms with Crippen molar-refractivity contribution in [2.45, 2.75) is 25.7 Å². The molecule has 0 unspecified atom stereocenters. The Balaban J connectivity index is 1.70. The summed E-state index contributed by atoms with van der Waals surface area (Å²) in [5, 5.41) is 18.3. The van der Waals surface area contributed by atoms with Gasteiger partial charge in [0, 0.05) is 12.2 Å². The van der Waals surface area contributed by atoms with Crippen molar-refractivity contribution in [2.24, 2.45) is 17.6 Å². The minimum absolute atomic E-state index is 0.157. The van der Waals surface area contributed by atoms with Gasteiger partial charge in [-0.3, -0.25) is 10.1 Å². The van der Waals surface area contributed by atoms with Crippen molar-refractivity contribution in [1.82, 2.24) is 9.97 Å². The van der Waals surface area contributed by atoms with Crippen molar-refractivity contribution in [3.8, 4) is 0 Å². The molecule has 1 saturated carbocycles. The molecule has 1 aliphatic rings. The minimum atomic E-state index is -0.489. The van der Waals surface area contributed by atoms with Gasteiger partial charge in [0.15, 0.2) is 0 Å². The molecule has 0 aliphatic heterocycles. The minimum Gasteiger partial charge on any atom is -0.364 e. The third kappa shape index (κ3) is 5.21. The van der Waals surface area contributed by atoms with Crippen molar-refractivity contribution < 1.29 is 4.92 Å². The SMILES string of the molecule is NCC1CCC(CNc2nc(Nc3ccc(Cl)c(Cl)c3)ncc2[N+](=O)[O-])CC1. The predicted molar refractivity (Wildman–Crippen MR) is 111 cm³/mol. The lowest BCUT2D eigenvalue weighted by Gasteiger charge is -2.27. The third-order valence-electron chi connectivity index (χ3n) is 5.00. The first-order valence-electron chi connectivity index (χ1n) is 9.13. The van der Waals surface area contributed by atoms with E-state index in [-0.39, 0.29) is 17.5 Å². The number of nitrogens with zero attached hydrogens (tertiary/aromatic N) is 3. The van der Waals surface area contributed by atoms with Gasteiger partial charge < -0.3 is 16.4 Å². The van der Waals surface area contributed by atoms with Crippen LogP contribution in [0.25, 0.3) is 0 Å². The number of nitro groups is 1. The van der Waals surface area contributed by atoms with Crippen LogP contribution in [-0.4, -0.2) is 28.0 Å². The van der Waals surface area contributed by atoms with E-state index in [9.17, 15) is 10.1 Å². The van der Waals surface area contributed by atoms with Crippen LogP contribution in [0, 0.1) is 22.0 Å². The number of hydrogen-bond acceptors (Lipinski definition) is 7. The fraction of sp³-hybridized carbons (Fsp3) is 0.444. The summed E-state index contributed by atoms with van der Waals surface area (Å²) in [7, 11) is 0. The van der Waals surface area contributed by atoms with Gasteiger partial charge in [-0.2, -0.15) is 4.98 Å². The van der Waals surface area contributed by atoms with Gasteiger partial charge in [-0.15, -0.1) is 0 Å². The lowest BCUT2D eigenvalue weighted by atomic mass is 9.82. The summed E-state index contributed by atoms with van der Waals surface area (Å²) >= 11 is 11.9. The molecule has 3 rings (SSSR count). The lowest BCUT2D eigenvalue weighted by Crippen LogP contribution is -2.25. The first-order valence-corrected chi connectivity index (χ1v) is 9.89. The molecule has 1 aliphatic carbocycles. The molecule has 4 N–H and O–H groups in total. The van der Waals surface area contributed by atoms with Gasteiger partial charge in [0.1, 0.15) is 6.20 Å². The third-order valence-corrected chi connectivity index (χ3v) is 5.74. The van der Waals surface area contributed by atoms with Crippen molar-refractivity contribution in [3.05, 3.63) is 44.6 Å². The predicted octanol–water partition coefficient (Wildman–Crippen LogP) is 4.61. The van der Waals surface area contributed by atoms with E-state index in [2.05, 4.69) is 20.6 Å². The van der Waals surface area contributed by atoms with Crippen LogP contribution in [0.15, 0.2) is 24.4 Å². The van der Waals surface area contributed by atoms with Crippen molar-refractivity contribution in [1.29, 1.82) is 0 Å². The highest BCUT2D eigenvalue weighted by atomic mass is 35.5. The molecule has 0 radical (unpaired) electrons. The summed E-state index contributed by atoms with van der Waals surface area (Å²) in [5.41, 5.74) is 6.21. The van der Waals surface area contributed by atoms with Crippen LogP contribution in [0.2, 0.25) is 10.0 Å². The van der Waals surface area contributed by atoms with Gasteiger partial charge in [0.25, 0.3) is 0 Å². The Kier molecular flexibility index (Phi) is 6.88. The number of benzene rings is 1. The summed E-state index contributed by atoms with van der Waals surface area (Å²) in [6, 6.07) is 5.01. The average Bonchev–Trinajstić information content (AvgIpc) is 2.69. The molecule has 1 heterocycles. The van der Waals surface area contributed by atoms with Gasteiger partial charge in [-0.25, -0.2) is 4.98 Å². The number of nitrogens with one attached hydrogen (secondary N) is 2. The normalized spacial score (nSPS) is 19.2. The first-order chi connectivity index (χ1) is 13.5. The maximum absolute atomic E-state index is 11.3. The van der Waals surface area contributed by atoms with Crippen LogP contribution >= 0.6 is 23.2 Å². The van der Waals surface area contributed by atoms with Crippen molar-refractivity contribution >= 4 is 46.3 Å². The van der Waals surface area contributed by atoms with Crippen LogP contribution in [0.3, 0.4) is 0 Å². The van der Waals surface area contributed by atoms with E-state index in [0.717, 1.165) is 32.2 Å². The maximum atomic E-state index is 11.3. The number of aromatic nitrogens is 2. The van der Waals surface area contributed by atoms with E-state index >= 15 is 0 Å². The Morgan fingerprint density at radius 3 is 2.54 bits per heavy atom. The van der Waals surface area contributed by atoms with Gasteiger partial charge >= 0.3 is 5.69 Å². The standard InChI is InChI=1S/C18H22Cl2N6O2/c19-14-6-5-13(7-15(14)20)24-18-23-10-16(26(27)28)17(25-18)22-9-12-3-1-11(8-21)2-4-12/h5-7,10-12H,1-4,8-9,21H2,(H2,22,23,24,25). The largest absolute Gasteiger partial charge is 0.364 e. The number of nitrogens with two attached hydrogens (primary N) is 1. The topological polar surface area (TPSA) is 119 Å². The Bertz CT molecular complexity index is 843. The number of rotatable bonds is 7. The van der Waals surface area contributed by atoms with Gasteiger partial charge in [0.2, 0.25) is 11.8 Å². The molecule has 0 amide bonds. The molecular weight excluding hydrogens is 403 g/mol. The van der Waals surface area contributed by atoms with Crippen LogP contribution < -0.4 is 16.4 Å². The van der Waals surface area contributed by atoms with Gasteiger partial charge in [0.05, 0.1) is 15.0 Å². The summed E-state index contributed by atoms with van der Waals surface area (Å²) < 4.78 is 0. The Labute approximate surface area is 173 Å². The smallest absolute Gasteiger partial charge is 0.329 e. The summed E-state index contributed by atoms with van der Waals surface area (Å²) in [6.45, 7) is 1.35. The molecule has 1 aromatic carbocycles. The highest BCUT2D eigenvalue weighted by Gasteiger charge is 2.22. The van der Waals surface area contributed by atoms with E-state index in [1.54, 1.807) is 18.2 Å². The molecular formula is C18H22Cl2N6O2. The quantitative estimate of drug-likeness (QED) is 0.438. The zero-order valence-electron chi connectivity index (χ0n) is 15.2.